The van der Waals surface area contributed by atoms with Crippen molar-refractivity contribution in [2.45, 2.75) is 32.9 Å². The summed E-state index contributed by atoms with van der Waals surface area (Å²) in [7, 11) is 1.54. The van der Waals surface area contributed by atoms with Crippen LogP contribution in [-0.2, 0) is 19.1 Å². The number of aromatic nitrogens is 1. The second kappa shape index (κ2) is 7.24. The minimum atomic E-state index is -0.731. The normalized spacial score (nSPS) is 26.5. The topological polar surface area (TPSA) is 79.8 Å². The molecule has 1 aromatic heterocycles. The number of ketones is 1. The Morgan fingerprint density at radius 1 is 1.12 bits per heavy atom. The lowest BCUT2D eigenvalue weighted by Crippen LogP contribution is -2.51. The predicted octanol–water partition coefficient (Wildman–Crippen LogP) is 2.68. The van der Waals surface area contributed by atoms with Gasteiger partial charge in [0.2, 0.25) is 11.8 Å². The number of imide groups is 1. The highest BCUT2D eigenvalue weighted by Crippen LogP contribution is 2.51. The molecule has 5 rings (SSSR count). The first-order valence-electron chi connectivity index (χ1n) is 11.0. The van der Waals surface area contributed by atoms with Crippen LogP contribution in [0.15, 0.2) is 36.5 Å². The molecule has 166 valence electrons. The number of likely N-dealkylation sites (tertiary alicyclic amines) is 1. The van der Waals surface area contributed by atoms with Crippen LogP contribution in [0.25, 0.3) is 17.0 Å². The molecule has 0 aliphatic carbocycles. The highest BCUT2D eigenvalue weighted by atomic mass is 16.5. The van der Waals surface area contributed by atoms with Gasteiger partial charge < -0.3 is 9.64 Å². The lowest BCUT2D eigenvalue weighted by Gasteiger charge is -2.39. The fourth-order valence-corrected chi connectivity index (χ4v) is 5.39. The van der Waals surface area contributed by atoms with Crippen LogP contribution in [0, 0.1) is 17.3 Å². The largest absolute Gasteiger partial charge is 0.383 e. The summed E-state index contributed by atoms with van der Waals surface area (Å²) in [5.74, 6) is -1.86. The molecule has 1 aromatic carbocycles. The molecule has 4 heterocycles. The first-order chi connectivity index (χ1) is 15.3. The summed E-state index contributed by atoms with van der Waals surface area (Å²) in [6.07, 6.45) is 5.69. The van der Waals surface area contributed by atoms with Gasteiger partial charge in [-0.15, -0.1) is 0 Å². The van der Waals surface area contributed by atoms with Gasteiger partial charge in [0, 0.05) is 24.1 Å². The molecule has 32 heavy (non-hydrogen) atoms. The number of fused-ring (bicyclic) bond motifs is 7. The molecule has 0 spiro atoms. The smallest absolute Gasteiger partial charge is 0.235 e. The monoisotopic (exact) mass is 433 g/mol. The van der Waals surface area contributed by atoms with Crippen LogP contribution in [0.1, 0.15) is 26.3 Å². The Hall–Kier alpha value is -3.06. The number of anilines is 1. The van der Waals surface area contributed by atoms with E-state index in [4.69, 9.17) is 4.74 Å². The second-order valence-electron chi connectivity index (χ2n) is 9.77. The number of benzene rings is 1. The molecule has 0 radical (unpaired) electrons. The zero-order valence-corrected chi connectivity index (χ0v) is 18.7. The van der Waals surface area contributed by atoms with Crippen molar-refractivity contribution in [3.63, 3.8) is 0 Å². The number of Topliss-reactive ketones (excluding diaryl/α,β-unsaturated/α-hetero) is 1. The minimum absolute atomic E-state index is 0.0427. The maximum Gasteiger partial charge on any atom is 0.235 e. The van der Waals surface area contributed by atoms with Gasteiger partial charge in [-0.05, 0) is 11.6 Å². The molecule has 2 amide bonds. The quantitative estimate of drug-likeness (QED) is 0.690. The van der Waals surface area contributed by atoms with E-state index >= 15 is 0 Å². The highest BCUT2D eigenvalue weighted by Gasteiger charge is 2.64. The number of rotatable bonds is 4. The summed E-state index contributed by atoms with van der Waals surface area (Å²) < 4.78 is 5.11. The van der Waals surface area contributed by atoms with Crippen molar-refractivity contribution in [2.24, 2.45) is 17.3 Å². The number of hydrogen-bond donors (Lipinski definition) is 0. The summed E-state index contributed by atoms with van der Waals surface area (Å²) in [5, 5.41) is 0.957. The fraction of sp³-hybridized carbons (Fsp3) is 0.440. The van der Waals surface area contributed by atoms with Crippen LogP contribution in [0.3, 0.4) is 0 Å². The van der Waals surface area contributed by atoms with Crippen molar-refractivity contribution < 1.29 is 19.1 Å². The maximum atomic E-state index is 13.8. The van der Waals surface area contributed by atoms with Gasteiger partial charge in [0.15, 0.2) is 5.78 Å². The van der Waals surface area contributed by atoms with E-state index in [-0.39, 0.29) is 36.8 Å². The number of pyridine rings is 1. The third kappa shape index (κ3) is 2.84. The van der Waals surface area contributed by atoms with E-state index in [1.54, 1.807) is 13.3 Å². The third-order valence-electron chi connectivity index (χ3n) is 6.86. The Morgan fingerprint density at radius 3 is 2.59 bits per heavy atom. The SMILES string of the molecule is COCCN1C(=O)[C@@H]2[C@H](C1=O)[C@@H](C(=O)C(C)(C)C)N1c3c(ccc4cccnc34)C=C[C@H]21. The van der Waals surface area contributed by atoms with Crippen molar-refractivity contribution in [3.05, 3.63) is 42.1 Å². The third-order valence-corrected chi connectivity index (χ3v) is 6.86. The molecule has 4 atom stereocenters. The first-order valence-corrected chi connectivity index (χ1v) is 11.0. The van der Waals surface area contributed by atoms with E-state index in [1.807, 2.05) is 62.1 Å². The molecule has 3 aliphatic rings. The van der Waals surface area contributed by atoms with E-state index in [0.29, 0.717) is 0 Å². The van der Waals surface area contributed by atoms with Crippen LogP contribution in [0.2, 0.25) is 0 Å². The molecule has 2 fully saturated rings. The minimum Gasteiger partial charge on any atom is -0.383 e. The lowest BCUT2D eigenvalue weighted by molar-refractivity contribution is -0.142. The van der Waals surface area contributed by atoms with Crippen molar-refractivity contribution in [3.8, 4) is 0 Å². The van der Waals surface area contributed by atoms with Crippen LogP contribution in [0.4, 0.5) is 5.69 Å². The molecule has 0 unspecified atom stereocenters. The van der Waals surface area contributed by atoms with Gasteiger partial charge in [-0.1, -0.05) is 51.1 Å². The number of nitrogens with zero attached hydrogens (tertiary/aromatic N) is 3. The van der Waals surface area contributed by atoms with E-state index in [1.165, 1.54) is 4.90 Å². The second-order valence-corrected chi connectivity index (χ2v) is 9.77. The molecule has 3 aliphatic heterocycles. The first kappa shape index (κ1) is 20.8. The van der Waals surface area contributed by atoms with Gasteiger partial charge in [-0.25, -0.2) is 0 Å². The van der Waals surface area contributed by atoms with E-state index < -0.39 is 23.3 Å². The molecule has 7 nitrogen and oxygen atoms in total. The van der Waals surface area contributed by atoms with E-state index in [2.05, 4.69) is 4.98 Å². The van der Waals surface area contributed by atoms with Crippen molar-refractivity contribution in [2.75, 3.05) is 25.2 Å². The van der Waals surface area contributed by atoms with E-state index in [9.17, 15) is 14.4 Å². The number of methoxy groups -OCH3 is 1. The van der Waals surface area contributed by atoms with Gasteiger partial charge in [0.1, 0.15) is 6.04 Å². The Labute approximate surface area is 187 Å². The van der Waals surface area contributed by atoms with Crippen molar-refractivity contribution in [1.29, 1.82) is 0 Å². The summed E-state index contributed by atoms with van der Waals surface area (Å²) in [4.78, 5) is 48.6. The summed E-state index contributed by atoms with van der Waals surface area (Å²) in [6, 6.07) is 6.77. The summed E-state index contributed by atoms with van der Waals surface area (Å²) in [6.45, 7) is 6.07. The molecule has 0 bridgehead atoms. The average molecular weight is 434 g/mol. The average Bonchev–Trinajstić information content (AvgIpc) is 3.23. The summed E-state index contributed by atoms with van der Waals surface area (Å²) >= 11 is 0. The number of carbonyl (C=O) groups excluding carboxylic acids is 3. The number of carbonyl (C=O) groups is 3. The van der Waals surface area contributed by atoms with Crippen LogP contribution in [0.5, 0.6) is 0 Å². The zero-order valence-electron chi connectivity index (χ0n) is 18.7. The molecule has 2 saturated heterocycles. The summed E-state index contributed by atoms with van der Waals surface area (Å²) in [5.41, 5.74) is 1.88. The Morgan fingerprint density at radius 2 is 1.88 bits per heavy atom. The zero-order chi connectivity index (χ0) is 22.8. The van der Waals surface area contributed by atoms with Crippen LogP contribution < -0.4 is 4.90 Å². The number of hydrogen-bond acceptors (Lipinski definition) is 6. The standard InChI is InChI=1S/C25H27N3O4/c1-25(2,3)22(29)21-18-17(23(30)27(24(18)31)12-13-32-4)16-10-9-15-8-7-14-6-5-11-26-19(14)20(15)28(16)21/h5-11,16-18,21H,12-13H2,1-4H3/t16-,17+,18+,21+/m1/s1. The van der Waals surface area contributed by atoms with Crippen LogP contribution in [-0.4, -0.2) is 59.8 Å². The van der Waals surface area contributed by atoms with Gasteiger partial charge in [0.05, 0.1) is 42.2 Å². The van der Waals surface area contributed by atoms with Crippen molar-refractivity contribution >= 4 is 40.3 Å². The molecule has 0 N–H and O–H groups in total. The molecular weight excluding hydrogens is 406 g/mol. The van der Waals surface area contributed by atoms with Gasteiger partial charge >= 0.3 is 0 Å². The van der Waals surface area contributed by atoms with Gasteiger partial charge in [0.25, 0.3) is 0 Å². The Balaban J connectivity index is 1.70. The van der Waals surface area contributed by atoms with Gasteiger partial charge in [-0.2, -0.15) is 0 Å². The molecular formula is C25H27N3O4. The Bertz CT molecular complexity index is 1170. The maximum absolute atomic E-state index is 13.8. The Kier molecular flexibility index (Phi) is 4.71. The number of amides is 2. The number of ether oxygens (including phenoxy) is 1. The van der Waals surface area contributed by atoms with Gasteiger partial charge in [-0.3, -0.25) is 24.3 Å². The predicted molar refractivity (Wildman–Crippen MR) is 121 cm³/mol. The molecule has 0 saturated carbocycles. The highest BCUT2D eigenvalue weighted by molar-refractivity contribution is 6.13. The lowest BCUT2D eigenvalue weighted by atomic mass is 9.79. The van der Waals surface area contributed by atoms with Crippen LogP contribution >= 0.6 is 0 Å². The van der Waals surface area contributed by atoms with Crippen molar-refractivity contribution in [1.82, 2.24) is 9.88 Å². The fourth-order valence-electron chi connectivity index (χ4n) is 5.39. The molecule has 7 heteroatoms. The molecule has 2 aromatic rings. The van der Waals surface area contributed by atoms with E-state index in [0.717, 1.165) is 22.2 Å².